The topological polar surface area (TPSA) is 76.7 Å². The molecule has 0 aliphatic carbocycles. The van der Waals surface area contributed by atoms with Crippen molar-refractivity contribution in [1.82, 2.24) is 0 Å². The third-order valence-corrected chi connectivity index (χ3v) is 4.98. The van der Waals surface area contributed by atoms with Gasteiger partial charge in [-0.3, -0.25) is 4.79 Å². The van der Waals surface area contributed by atoms with Crippen molar-refractivity contribution in [3.63, 3.8) is 0 Å². The molecule has 0 atom stereocenters. The monoisotopic (exact) mass is 400 g/mol. The third kappa shape index (κ3) is 4.41. The van der Waals surface area contributed by atoms with E-state index in [0.717, 1.165) is 11.1 Å². The van der Waals surface area contributed by atoms with Crippen LogP contribution in [0.5, 0.6) is 5.75 Å². The van der Waals surface area contributed by atoms with E-state index in [1.165, 1.54) is 18.2 Å². The molecule has 1 heterocycles. The largest absolute Gasteiger partial charge is 0.508 e. The van der Waals surface area contributed by atoms with Crippen LogP contribution in [0.1, 0.15) is 29.0 Å². The van der Waals surface area contributed by atoms with Gasteiger partial charge in [0.1, 0.15) is 17.9 Å². The Bertz CT molecular complexity index is 1170. The molecule has 0 unspecified atom stereocenters. The first-order valence-corrected chi connectivity index (χ1v) is 9.61. The highest BCUT2D eigenvalue weighted by Gasteiger charge is 2.19. The zero-order chi connectivity index (χ0) is 20.9. The van der Waals surface area contributed by atoms with Crippen molar-refractivity contribution in [2.75, 3.05) is 0 Å². The van der Waals surface area contributed by atoms with Gasteiger partial charge in [0.25, 0.3) is 0 Å². The molecule has 3 aromatic carbocycles. The average Bonchev–Trinajstić information content (AvgIpc) is 2.76. The summed E-state index contributed by atoms with van der Waals surface area (Å²) in [6, 6.07) is 25.4. The number of carbonyl (C=O) groups excluding carboxylic acids is 1. The molecule has 1 N–H and O–H groups in total. The van der Waals surface area contributed by atoms with E-state index in [0.29, 0.717) is 10.9 Å². The molecule has 0 amide bonds. The number of fused-ring (bicyclic) bond motifs is 1. The van der Waals surface area contributed by atoms with Crippen molar-refractivity contribution >= 4 is 16.9 Å². The fourth-order valence-corrected chi connectivity index (χ4v) is 3.52. The lowest BCUT2D eigenvalue weighted by atomic mass is 9.89. The summed E-state index contributed by atoms with van der Waals surface area (Å²) < 4.78 is 10.6. The van der Waals surface area contributed by atoms with Crippen molar-refractivity contribution in [2.45, 2.75) is 18.9 Å². The average molecular weight is 400 g/mol. The van der Waals surface area contributed by atoms with Crippen LogP contribution in [0.25, 0.3) is 11.0 Å². The van der Waals surface area contributed by atoms with Gasteiger partial charge in [0.05, 0.1) is 6.42 Å². The van der Waals surface area contributed by atoms with Crippen LogP contribution in [-0.4, -0.2) is 11.1 Å². The Kier molecular flexibility index (Phi) is 5.61. The highest BCUT2D eigenvalue weighted by molar-refractivity contribution is 5.81. The predicted molar refractivity (Wildman–Crippen MR) is 113 cm³/mol. The van der Waals surface area contributed by atoms with Crippen LogP contribution in [0, 0.1) is 0 Å². The molecule has 5 heteroatoms. The SMILES string of the molecule is O=C(CC(c1ccccc1)c1ccccc1)OCc1cc(=O)oc2cc(O)ccc12. The van der Waals surface area contributed by atoms with E-state index < -0.39 is 5.63 Å². The zero-order valence-electron chi connectivity index (χ0n) is 16.2. The first-order valence-electron chi connectivity index (χ1n) is 9.61. The summed E-state index contributed by atoms with van der Waals surface area (Å²) in [5, 5.41) is 10.2. The summed E-state index contributed by atoms with van der Waals surface area (Å²) in [5.41, 5.74) is 2.28. The number of rotatable bonds is 6. The first-order chi connectivity index (χ1) is 14.6. The molecule has 0 saturated heterocycles. The summed E-state index contributed by atoms with van der Waals surface area (Å²) in [6.45, 7) is -0.0536. The van der Waals surface area contributed by atoms with Gasteiger partial charge in [-0.1, -0.05) is 60.7 Å². The Morgan fingerprint density at radius 1 is 0.900 bits per heavy atom. The smallest absolute Gasteiger partial charge is 0.336 e. The lowest BCUT2D eigenvalue weighted by molar-refractivity contribution is -0.145. The molecule has 0 spiro atoms. The number of aromatic hydroxyl groups is 1. The number of hydrogen-bond acceptors (Lipinski definition) is 5. The Balaban J connectivity index is 1.54. The Labute approximate surface area is 173 Å². The van der Waals surface area contributed by atoms with Gasteiger partial charge in [0.15, 0.2) is 0 Å². The Morgan fingerprint density at radius 2 is 1.53 bits per heavy atom. The van der Waals surface area contributed by atoms with Crippen LogP contribution in [-0.2, 0) is 16.1 Å². The molecule has 0 fully saturated rings. The highest BCUT2D eigenvalue weighted by atomic mass is 16.5. The second-order valence-electron chi connectivity index (χ2n) is 7.01. The molecule has 0 aliphatic heterocycles. The number of carbonyl (C=O) groups is 1. The molecular weight excluding hydrogens is 380 g/mol. The molecule has 0 saturated carbocycles. The minimum atomic E-state index is -0.564. The second kappa shape index (κ2) is 8.66. The van der Waals surface area contributed by atoms with E-state index in [-0.39, 0.29) is 36.2 Å². The molecule has 0 bridgehead atoms. The summed E-state index contributed by atoms with van der Waals surface area (Å²) in [7, 11) is 0. The second-order valence-corrected chi connectivity index (χ2v) is 7.01. The molecule has 150 valence electrons. The summed E-state index contributed by atoms with van der Waals surface area (Å²) >= 11 is 0. The standard InChI is InChI=1S/C25H20O5/c26-20-11-12-21-19(13-25(28)30-23(21)14-20)16-29-24(27)15-22(17-7-3-1-4-8-17)18-9-5-2-6-10-18/h1-14,22,26H,15-16H2. The molecular formula is C25H20O5. The fraction of sp³-hybridized carbons (Fsp3) is 0.120. The maximum absolute atomic E-state index is 12.7. The molecule has 0 radical (unpaired) electrons. The molecule has 1 aromatic heterocycles. The van der Waals surface area contributed by atoms with Crippen LogP contribution in [0.3, 0.4) is 0 Å². The van der Waals surface area contributed by atoms with Crippen LogP contribution in [0.15, 0.2) is 94.1 Å². The number of ether oxygens (including phenoxy) is 1. The van der Waals surface area contributed by atoms with Crippen molar-refractivity contribution in [3.8, 4) is 5.75 Å². The van der Waals surface area contributed by atoms with E-state index in [1.54, 1.807) is 6.07 Å². The molecule has 4 rings (SSSR count). The molecule has 0 aliphatic rings. The third-order valence-electron chi connectivity index (χ3n) is 4.98. The minimum Gasteiger partial charge on any atom is -0.508 e. The van der Waals surface area contributed by atoms with E-state index in [4.69, 9.17) is 9.15 Å². The van der Waals surface area contributed by atoms with Crippen LogP contribution in [0.4, 0.5) is 0 Å². The summed E-state index contributed by atoms with van der Waals surface area (Å²) in [4.78, 5) is 24.5. The van der Waals surface area contributed by atoms with Gasteiger partial charge in [-0.05, 0) is 23.3 Å². The van der Waals surface area contributed by atoms with E-state index in [9.17, 15) is 14.7 Å². The number of hydrogen-bond donors (Lipinski definition) is 1. The van der Waals surface area contributed by atoms with E-state index in [2.05, 4.69) is 0 Å². The quantitative estimate of drug-likeness (QED) is 0.373. The zero-order valence-corrected chi connectivity index (χ0v) is 16.2. The maximum atomic E-state index is 12.7. The van der Waals surface area contributed by atoms with Gasteiger partial charge in [0, 0.05) is 29.0 Å². The Morgan fingerprint density at radius 3 is 2.17 bits per heavy atom. The lowest BCUT2D eigenvalue weighted by Crippen LogP contribution is -2.12. The fourth-order valence-electron chi connectivity index (χ4n) is 3.52. The summed E-state index contributed by atoms with van der Waals surface area (Å²) in [5.74, 6) is -0.504. The number of phenols is 1. The Hall–Kier alpha value is -3.86. The molecule has 30 heavy (non-hydrogen) atoms. The van der Waals surface area contributed by atoms with Gasteiger partial charge in [-0.2, -0.15) is 0 Å². The minimum absolute atomic E-state index is 0.00615. The molecule has 5 nitrogen and oxygen atoms in total. The van der Waals surface area contributed by atoms with Gasteiger partial charge in [-0.15, -0.1) is 0 Å². The van der Waals surface area contributed by atoms with Gasteiger partial charge in [0.2, 0.25) is 0 Å². The number of esters is 1. The van der Waals surface area contributed by atoms with E-state index >= 15 is 0 Å². The highest BCUT2D eigenvalue weighted by Crippen LogP contribution is 2.29. The van der Waals surface area contributed by atoms with Crippen LogP contribution >= 0.6 is 0 Å². The van der Waals surface area contributed by atoms with Crippen molar-refractivity contribution in [2.24, 2.45) is 0 Å². The number of benzene rings is 3. The van der Waals surface area contributed by atoms with Gasteiger partial charge < -0.3 is 14.3 Å². The van der Waals surface area contributed by atoms with Crippen molar-refractivity contribution < 1.29 is 19.1 Å². The maximum Gasteiger partial charge on any atom is 0.336 e. The normalized spacial score (nSPS) is 11.0. The first kappa shape index (κ1) is 19.5. The van der Waals surface area contributed by atoms with Crippen LogP contribution < -0.4 is 5.63 Å². The predicted octanol–water partition coefficient (Wildman–Crippen LogP) is 4.76. The van der Waals surface area contributed by atoms with E-state index in [1.807, 2.05) is 60.7 Å². The van der Waals surface area contributed by atoms with Crippen LogP contribution in [0.2, 0.25) is 0 Å². The van der Waals surface area contributed by atoms with Gasteiger partial charge in [-0.25, -0.2) is 4.79 Å². The molecule has 4 aromatic rings. The summed E-state index contributed by atoms with van der Waals surface area (Å²) in [6.07, 6.45) is 0.175. The number of phenolic OH excluding ortho intramolecular Hbond substituents is 1. The lowest BCUT2D eigenvalue weighted by Gasteiger charge is -2.17. The van der Waals surface area contributed by atoms with Crippen molar-refractivity contribution in [3.05, 3.63) is 112 Å². The van der Waals surface area contributed by atoms with Crippen molar-refractivity contribution in [1.29, 1.82) is 0 Å². The van der Waals surface area contributed by atoms with Gasteiger partial charge >= 0.3 is 11.6 Å².